The second-order valence-electron chi connectivity index (χ2n) is 7.19. The molecular formula is C20H42O4. The van der Waals surface area contributed by atoms with Gasteiger partial charge in [0.25, 0.3) is 0 Å². The molecule has 0 radical (unpaired) electrons. The van der Waals surface area contributed by atoms with Crippen LogP contribution in [0.5, 0.6) is 0 Å². The van der Waals surface area contributed by atoms with Crippen molar-refractivity contribution in [2.75, 3.05) is 0 Å². The zero-order chi connectivity index (χ0) is 17.9. The van der Waals surface area contributed by atoms with Crippen LogP contribution >= 0.6 is 0 Å². The molecule has 0 unspecified atom stereocenters. The van der Waals surface area contributed by atoms with Gasteiger partial charge in [-0.25, -0.2) is 5.26 Å². The highest BCUT2D eigenvalue weighted by Crippen LogP contribution is 2.32. The molecule has 0 heterocycles. The maximum atomic E-state index is 8.46. The Morgan fingerprint density at radius 2 is 1.00 bits per heavy atom. The third kappa shape index (κ3) is 13.2. The fourth-order valence-corrected chi connectivity index (χ4v) is 3.34. The lowest BCUT2D eigenvalue weighted by Gasteiger charge is -2.31. The van der Waals surface area contributed by atoms with Crippen LogP contribution in [0.1, 0.15) is 124 Å². The van der Waals surface area contributed by atoms with Gasteiger partial charge in [0.05, 0.1) is 0 Å². The number of rotatable bonds is 19. The Bertz CT molecular complexity index is 224. The van der Waals surface area contributed by atoms with E-state index < -0.39 is 0 Å². The van der Waals surface area contributed by atoms with Crippen molar-refractivity contribution in [2.24, 2.45) is 0 Å². The molecule has 0 saturated carbocycles. The second kappa shape index (κ2) is 17.7. The molecule has 4 heteroatoms. The fraction of sp³-hybridized carbons (Fsp3) is 1.00. The van der Waals surface area contributed by atoms with Crippen LogP contribution in [0.2, 0.25) is 0 Å². The van der Waals surface area contributed by atoms with Crippen molar-refractivity contribution in [1.29, 1.82) is 0 Å². The summed E-state index contributed by atoms with van der Waals surface area (Å²) in [6.07, 6.45) is 19.3. The third-order valence-corrected chi connectivity index (χ3v) is 4.95. The van der Waals surface area contributed by atoms with Gasteiger partial charge >= 0.3 is 0 Å². The van der Waals surface area contributed by atoms with Gasteiger partial charge in [0.1, 0.15) is 5.60 Å². The molecule has 4 nitrogen and oxygen atoms in total. The zero-order valence-electron chi connectivity index (χ0n) is 16.5. The summed E-state index contributed by atoms with van der Waals surface area (Å²) in [6.45, 7) is 6.63. The van der Waals surface area contributed by atoms with Crippen LogP contribution in [0.25, 0.3) is 0 Å². The van der Waals surface area contributed by atoms with Crippen molar-refractivity contribution in [1.82, 2.24) is 0 Å². The Hall–Kier alpha value is -0.160. The van der Waals surface area contributed by atoms with Crippen LogP contribution in [-0.4, -0.2) is 10.9 Å². The first kappa shape index (κ1) is 23.8. The quantitative estimate of drug-likeness (QED) is 0.150. The Morgan fingerprint density at radius 3 is 1.46 bits per heavy atom. The summed E-state index contributed by atoms with van der Waals surface area (Å²) in [4.78, 5) is 5.48. The van der Waals surface area contributed by atoms with Crippen molar-refractivity contribution in [2.45, 2.75) is 129 Å². The lowest BCUT2D eigenvalue weighted by atomic mass is 9.85. The van der Waals surface area contributed by atoms with Gasteiger partial charge in [-0.15, -0.1) is 0 Å². The molecular weight excluding hydrogens is 304 g/mol. The minimum Gasteiger partial charge on any atom is -0.219 e. The summed E-state index contributed by atoms with van der Waals surface area (Å²) in [6, 6.07) is 0. The van der Waals surface area contributed by atoms with Crippen molar-refractivity contribution in [3.05, 3.63) is 0 Å². The summed E-state index contributed by atoms with van der Waals surface area (Å²) in [5.41, 5.74) is -0.310. The van der Waals surface area contributed by atoms with E-state index in [-0.39, 0.29) is 5.60 Å². The maximum Gasteiger partial charge on any atom is 0.107 e. The third-order valence-electron chi connectivity index (χ3n) is 4.95. The maximum absolute atomic E-state index is 8.46. The van der Waals surface area contributed by atoms with Gasteiger partial charge in [-0.1, -0.05) is 104 Å². The van der Waals surface area contributed by atoms with Crippen molar-refractivity contribution in [3.8, 4) is 0 Å². The van der Waals surface area contributed by atoms with E-state index in [1.807, 2.05) is 0 Å². The number of hydrogen-bond acceptors (Lipinski definition) is 4. The largest absolute Gasteiger partial charge is 0.219 e. The molecule has 0 aliphatic rings. The molecule has 0 fully saturated rings. The lowest BCUT2D eigenvalue weighted by Crippen LogP contribution is -2.33. The minimum atomic E-state index is -0.310. The van der Waals surface area contributed by atoms with Crippen molar-refractivity contribution < 1.29 is 20.2 Å². The average molecular weight is 347 g/mol. The molecule has 0 rings (SSSR count). The summed E-state index contributed by atoms with van der Waals surface area (Å²) >= 11 is 0. The molecule has 0 atom stereocenters. The molecule has 0 saturated heterocycles. The molecule has 0 aromatic heterocycles. The van der Waals surface area contributed by atoms with E-state index in [1.54, 1.807) is 0 Å². The molecule has 0 spiro atoms. The predicted octanol–water partition coefficient (Wildman–Crippen LogP) is 7.38. The van der Waals surface area contributed by atoms with E-state index in [9.17, 15) is 0 Å². The molecule has 24 heavy (non-hydrogen) atoms. The fourth-order valence-electron chi connectivity index (χ4n) is 3.34. The van der Waals surface area contributed by atoms with Gasteiger partial charge in [-0.3, -0.25) is 0 Å². The lowest BCUT2D eigenvalue weighted by molar-refractivity contribution is -0.643. The molecule has 0 bridgehead atoms. The second-order valence-corrected chi connectivity index (χ2v) is 7.19. The SMILES string of the molecule is CCCCCCCCCCCC(CCCC)(CCCC)OOOO. The Balaban J connectivity index is 4.07. The summed E-state index contributed by atoms with van der Waals surface area (Å²) in [5, 5.41) is 16.7. The molecule has 0 aromatic rings. The molecule has 146 valence electrons. The normalized spacial score (nSPS) is 12.0. The van der Waals surface area contributed by atoms with Crippen LogP contribution in [0, 0.1) is 0 Å². The van der Waals surface area contributed by atoms with E-state index in [4.69, 9.17) is 10.1 Å². The van der Waals surface area contributed by atoms with Crippen LogP contribution < -0.4 is 0 Å². The van der Waals surface area contributed by atoms with E-state index in [1.165, 1.54) is 51.4 Å². The standard InChI is InChI=1S/C20H42O4/c1-4-7-10-11-12-13-14-15-16-19-20(17-8-5-2,18-9-6-3)22-24-23-21/h21H,4-19H2,1-3H3. The monoisotopic (exact) mass is 346 g/mol. The van der Waals surface area contributed by atoms with Crippen LogP contribution in [0.15, 0.2) is 0 Å². The van der Waals surface area contributed by atoms with Crippen LogP contribution in [0.4, 0.5) is 0 Å². The minimum absolute atomic E-state index is 0.310. The average Bonchev–Trinajstić information content (AvgIpc) is 2.61. The Labute approximate surface area is 150 Å². The summed E-state index contributed by atoms with van der Waals surface area (Å²) in [7, 11) is 0. The van der Waals surface area contributed by atoms with Gasteiger partial charge in [-0.2, -0.15) is 4.89 Å². The van der Waals surface area contributed by atoms with Crippen LogP contribution in [0.3, 0.4) is 0 Å². The molecule has 0 aliphatic heterocycles. The molecule has 0 aromatic carbocycles. The number of hydrogen-bond donors (Lipinski definition) is 1. The predicted molar refractivity (Wildman–Crippen MR) is 99.5 cm³/mol. The van der Waals surface area contributed by atoms with Crippen LogP contribution in [-0.2, 0) is 15.0 Å². The highest BCUT2D eigenvalue weighted by atomic mass is 17.6. The zero-order valence-corrected chi connectivity index (χ0v) is 16.5. The van der Waals surface area contributed by atoms with E-state index >= 15 is 0 Å². The Kier molecular flexibility index (Phi) is 17.5. The van der Waals surface area contributed by atoms with E-state index in [0.29, 0.717) is 0 Å². The molecule has 1 N–H and O–H groups in total. The van der Waals surface area contributed by atoms with E-state index in [0.717, 1.165) is 51.4 Å². The van der Waals surface area contributed by atoms with E-state index in [2.05, 4.69) is 30.8 Å². The van der Waals surface area contributed by atoms with Crippen molar-refractivity contribution >= 4 is 0 Å². The Morgan fingerprint density at radius 1 is 0.583 bits per heavy atom. The highest BCUT2D eigenvalue weighted by Gasteiger charge is 2.31. The van der Waals surface area contributed by atoms with Gasteiger partial charge in [0, 0.05) is 0 Å². The van der Waals surface area contributed by atoms with Gasteiger partial charge in [0.2, 0.25) is 0 Å². The topological polar surface area (TPSA) is 47.9 Å². The smallest absolute Gasteiger partial charge is 0.107 e. The van der Waals surface area contributed by atoms with Gasteiger partial charge < -0.3 is 0 Å². The first-order valence-corrected chi connectivity index (χ1v) is 10.4. The molecule has 0 amide bonds. The summed E-state index contributed by atoms with van der Waals surface area (Å²) in [5.74, 6) is 0. The highest BCUT2D eigenvalue weighted by molar-refractivity contribution is 4.79. The first-order valence-electron chi connectivity index (χ1n) is 10.4. The number of unbranched alkanes of at least 4 members (excludes halogenated alkanes) is 10. The van der Waals surface area contributed by atoms with Crippen molar-refractivity contribution in [3.63, 3.8) is 0 Å². The molecule has 0 aliphatic carbocycles. The van der Waals surface area contributed by atoms with Gasteiger partial charge in [-0.05, 0) is 29.3 Å². The first-order chi connectivity index (χ1) is 11.7. The summed E-state index contributed by atoms with van der Waals surface area (Å²) < 4.78 is 0. The van der Waals surface area contributed by atoms with Gasteiger partial charge in [0.15, 0.2) is 0 Å².